The molecule has 130 valence electrons. The largest absolute Gasteiger partial charge is 0.301 e. The molecular formula is C22H20N2OS. The van der Waals surface area contributed by atoms with Crippen molar-refractivity contribution in [3.05, 3.63) is 81.9 Å². The summed E-state index contributed by atoms with van der Waals surface area (Å²) in [5, 5.41) is 5.75. The fourth-order valence-electron chi connectivity index (χ4n) is 4.84. The third-order valence-electron chi connectivity index (χ3n) is 5.99. The molecule has 3 nitrogen and oxygen atoms in total. The fraction of sp³-hybridized carbons (Fsp3) is 0.273. The first-order chi connectivity index (χ1) is 12.6. The van der Waals surface area contributed by atoms with E-state index < -0.39 is 5.41 Å². The van der Waals surface area contributed by atoms with Crippen molar-refractivity contribution in [1.82, 2.24) is 4.98 Å². The molecule has 0 radical (unpaired) electrons. The van der Waals surface area contributed by atoms with E-state index >= 15 is 0 Å². The lowest BCUT2D eigenvalue weighted by Gasteiger charge is -2.50. The van der Waals surface area contributed by atoms with E-state index in [1.54, 1.807) is 0 Å². The van der Waals surface area contributed by atoms with Gasteiger partial charge in [-0.2, -0.15) is 0 Å². The molecule has 0 saturated heterocycles. The van der Waals surface area contributed by atoms with Gasteiger partial charge in [-0.25, -0.2) is 4.98 Å². The Morgan fingerprint density at radius 2 is 1.65 bits per heavy atom. The van der Waals surface area contributed by atoms with Crippen LogP contribution in [0.3, 0.4) is 0 Å². The van der Waals surface area contributed by atoms with E-state index in [1.165, 1.54) is 33.6 Å². The van der Waals surface area contributed by atoms with Crippen molar-refractivity contribution in [2.24, 2.45) is 5.41 Å². The summed E-state index contributed by atoms with van der Waals surface area (Å²) < 4.78 is 0. The molecule has 26 heavy (non-hydrogen) atoms. The zero-order valence-electron chi connectivity index (χ0n) is 14.8. The van der Waals surface area contributed by atoms with Crippen molar-refractivity contribution < 1.29 is 4.79 Å². The van der Waals surface area contributed by atoms with E-state index in [1.807, 2.05) is 12.3 Å². The average molecular weight is 360 g/mol. The van der Waals surface area contributed by atoms with Crippen molar-refractivity contribution in [2.75, 3.05) is 5.32 Å². The van der Waals surface area contributed by atoms with Gasteiger partial charge >= 0.3 is 0 Å². The predicted octanol–water partition coefficient (Wildman–Crippen LogP) is 5.08. The molecule has 3 aromatic rings. The number of thiazole rings is 1. The Kier molecular flexibility index (Phi) is 3.35. The van der Waals surface area contributed by atoms with Crippen molar-refractivity contribution in [3.63, 3.8) is 0 Å². The highest BCUT2D eigenvalue weighted by atomic mass is 32.1. The molecule has 1 atom stereocenters. The molecule has 4 heteroatoms. The predicted molar refractivity (Wildman–Crippen MR) is 105 cm³/mol. The van der Waals surface area contributed by atoms with Crippen LogP contribution in [0.15, 0.2) is 53.9 Å². The normalized spacial score (nSPS) is 25.5. The number of anilines is 1. The van der Waals surface area contributed by atoms with Gasteiger partial charge in [0.2, 0.25) is 5.91 Å². The Labute approximate surface area is 157 Å². The summed E-state index contributed by atoms with van der Waals surface area (Å²) >= 11 is 1.49. The lowest BCUT2D eigenvalue weighted by molar-refractivity contribution is -0.126. The zero-order valence-corrected chi connectivity index (χ0v) is 15.6. The highest BCUT2D eigenvalue weighted by Crippen LogP contribution is 2.61. The van der Waals surface area contributed by atoms with Crippen molar-refractivity contribution in [3.8, 4) is 0 Å². The molecule has 3 aliphatic carbocycles. The number of hydrogen-bond donors (Lipinski definition) is 1. The van der Waals surface area contributed by atoms with Gasteiger partial charge in [0, 0.05) is 17.2 Å². The van der Waals surface area contributed by atoms with Crippen LogP contribution >= 0.6 is 11.3 Å². The summed E-state index contributed by atoms with van der Waals surface area (Å²) in [6, 6.07) is 17.2. The van der Waals surface area contributed by atoms with E-state index in [0.717, 1.165) is 12.1 Å². The monoisotopic (exact) mass is 360 g/mol. The summed E-state index contributed by atoms with van der Waals surface area (Å²) in [4.78, 5) is 17.8. The smallest absolute Gasteiger partial charge is 0.233 e. The van der Waals surface area contributed by atoms with Crippen LogP contribution in [-0.2, 0) is 4.79 Å². The SMILES string of the molecule is Cc1csc(NC(=O)C2(C)CC3c4ccccc4C2c2ccccc23)n1. The Balaban J connectivity index is 1.62. The second-order valence-corrected chi connectivity index (χ2v) is 8.47. The summed E-state index contributed by atoms with van der Waals surface area (Å²) in [6.45, 7) is 4.06. The number of aryl methyl sites for hydroxylation is 1. The maximum Gasteiger partial charge on any atom is 0.233 e. The van der Waals surface area contributed by atoms with Gasteiger partial charge in [0.05, 0.1) is 11.1 Å². The van der Waals surface area contributed by atoms with Crippen molar-refractivity contribution in [1.29, 1.82) is 0 Å². The van der Waals surface area contributed by atoms with Crippen LogP contribution in [0.1, 0.15) is 53.1 Å². The average Bonchev–Trinajstić information content (AvgIpc) is 3.06. The number of amides is 1. The molecule has 0 saturated carbocycles. The first-order valence-corrected chi connectivity index (χ1v) is 9.87. The quantitative estimate of drug-likeness (QED) is 0.693. The summed E-state index contributed by atoms with van der Waals surface area (Å²) in [5.41, 5.74) is 5.83. The van der Waals surface area contributed by atoms with E-state index in [9.17, 15) is 4.79 Å². The first kappa shape index (κ1) is 15.8. The van der Waals surface area contributed by atoms with Crippen LogP contribution in [0.2, 0.25) is 0 Å². The second-order valence-electron chi connectivity index (χ2n) is 7.61. The Morgan fingerprint density at radius 3 is 2.19 bits per heavy atom. The highest BCUT2D eigenvalue weighted by molar-refractivity contribution is 7.13. The molecule has 1 unspecified atom stereocenters. The van der Waals surface area contributed by atoms with Gasteiger partial charge < -0.3 is 5.32 Å². The van der Waals surface area contributed by atoms with Crippen molar-refractivity contribution in [2.45, 2.75) is 32.1 Å². The fourth-order valence-corrected chi connectivity index (χ4v) is 5.52. The number of rotatable bonds is 2. The molecule has 1 N–H and O–H groups in total. The van der Waals surface area contributed by atoms with Gasteiger partial charge in [-0.05, 0) is 42.5 Å². The van der Waals surface area contributed by atoms with Crippen LogP contribution < -0.4 is 5.32 Å². The van der Waals surface area contributed by atoms with Gasteiger partial charge in [0.1, 0.15) is 0 Å². The zero-order chi connectivity index (χ0) is 17.9. The Morgan fingerprint density at radius 1 is 1.08 bits per heavy atom. The van der Waals surface area contributed by atoms with Crippen LogP contribution in [0.5, 0.6) is 0 Å². The summed E-state index contributed by atoms with van der Waals surface area (Å²) in [5.74, 6) is 0.438. The number of nitrogens with zero attached hydrogens (tertiary/aromatic N) is 1. The maximum absolute atomic E-state index is 13.4. The molecule has 2 aromatic carbocycles. The lowest BCUT2D eigenvalue weighted by Crippen LogP contribution is -2.47. The molecule has 0 spiro atoms. The third-order valence-corrected chi connectivity index (χ3v) is 6.86. The molecule has 2 bridgehead atoms. The number of carbonyl (C=O) groups is 1. The highest BCUT2D eigenvalue weighted by Gasteiger charge is 2.53. The molecule has 6 rings (SSSR count). The minimum atomic E-state index is -0.479. The molecular weight excluding hydrogens is 340 g/mol. The number of nitrogens with one attached hydrogen (secondary N) is 1. The number of aromatic nitrogens is 1. The number of fused-ring (bicyclic) bond motifs is 1. The van der Waals surface area contributed by atoms with E-state index in [4.69, 9.17) is 0 Å². The molecule has 1 aromatic heterocycles. The second kappa shape index (κ2) is 5.52. The molecule has 3 aliphatic rings. The lowest BCUT2D eigenvalue weighted by atomic mass is 9.52. The van der Waals surface area contributed by atoms with E-state index in [0.29, 0.717) is 5.13 Å². The number of benzene rings is 2. The van der Waals surface area contributed by atoms with Gasteiger partial charge in [-0.3, -0.25) is 4.79 Å². The standard InChI is InChI=1S/C22H20N2OS/c1-13-12-26-21(23-13)24-20(25)22(2)11-18-14-7-3-5-9-16(14)19(22)17-10-6-4-8-15(17)18/h3-10,12,18-19H,11H2,1-2H3,(H,23,24,25). The molecule has 0 aliphatic heterocycles. The van der Waals surface area contributed by atoms with Gasteiger partial charge in [-0.1, -0.05) is 48.5 Å². The Bertz CT molecular complexity index is 977. The minimum Gasteiger partial charge on any atom is -0.301 e. The van der Waals surface area contributed by atoms with E-state index in [2.05, 4.69) is 65.8 Å². The van der Waals surface area contributed by atoms with Gasteiger partial charge in [-0.15, -0.1) is 11.3 Å². The summed E-state index contributed by atoms with van der Waals surface area (Å²) in [6.07, 6.45) is 0.835. The van der Waals surface area contributed by atoms with Crippen LogP contribution in [0, 0.1) is 12.3 Å². The first-order valence-electron chi connectivity index (χ1n) is 8.99. The van der Waals surface area contributed by atoms with Crippen molar-refractivity contribution >= 4 is 22.4 Å². The number of hydrogen-bond acceptors (Lipinski definition) is 3. The third kappa shape index (κ3) is 2.12. The van der Waals surface area contributed by atoms with Crippen LogP contribution in [0.4, 0.5) is 5.13 Å². The van der Waals surface area contributed by atoms with Gasteiger partial charge in [0.15, 0.2) is 5.13 Å². The molecule has 1 amide bonds. The van der Waals surface area contributed by atoms with Crippen LogP contribution in [0.25, 0.3) is 0 Å². The van der Waals surface area contributed by atoms with E-state index in [-0.39, 0.29) is 17.7 Å². The topological polar surface area (TPSA) is 42.0 Å². The van der Waals surface area contributed by atoms with Gasteiger partial charge in [0.25, 0.3) is 0 Å². The number of carbonyl (C=O) groups excluding carboxylic acids is 1. The molecule has 1 heterocycles. The molecule has 0 fully saturated rings. The van der Waals surface area contributed by atoms with Crippen LogP contribution in [-0.4, -0.2) is 10.9 Å². The minimum absolute atomic E-state index is 0.0749. The Hall–Kier alpha value is -2.46. The maximum atomic E-state index is 13.4. The summed E-state index contributed by atoms with van der Waals surface area (Å²) in [7, 11) is 0.